The number of aryl methyl sites for hydroxylation is 1. The highest BCUT2D eigenvalue weighted by atomic mass is 16.5. The molecule has 0 saturated carbocycles. The molecule has 4 rings (SSSR count). The second kappa shape index (κ2) is 8.93. The van der Waals surface area contributed by atoms with Crippen molar-refractivity contribution in [1.82, 2.24) is 24.5 Å². The predicted molar refractivity (Wildman–Crippen MR) is 116 cm³/mol. The van der Waals surface area contributed by atoms with E-state index in [0.29, 0.717) is 30.1 Å². The lowest BCUT2D eigenvalue weighted by Gasteiger charge is -2.31. The number of piperidine rings is 1. The molecule has 1 atom stereocenters. The van der Waals surface area contributed by atoms with E-state index >= 15 is 0 Å². The Labute approximate surface area is 176 Å². The van der Waals surface area contributed by atoms with Gasteiger partial charge >= 0.3 is 0 Å². The monoisotopic (exact) mass is 411 g/mol. The van der Waals surface area contributed by atoms with E-state index in [-0.39, 0.29) is 12.6 Å². The molecule has 3 aromatic rings. The van der Waals surface area contributed by atoms with Crippen LogP contribution >= 0.6 is 0 Å². The average Bonchev–Trinajstić information content (AvgIpc) is 3.09. The number of imidazole rings is 1. The highest BCUT2D eigenvalue weighted by Gasteiger charge is 2.21. The summed E-state index contributed by atoms with van der Waals surface area (Å²) >= 11 is 0. The summed E-state index contributed by atoms with van der Waals surface area (Å²) in [5, 5.41) is 12.6. The van der Waals surface area contributed by atoms with E-state index in [1.54, 1.807) is 19.5 Å². The lowest BCUT2D eigenvalue weighted by molar-refractivity contribution is 0.0816. The first-order chi connectivity index (χ1) is 14.6. The highest BCUT2D eigenvalue weighted by Crippen LogP contribution is 2.26. The van der Waals surface area contributed by atoms with E-state index in [4.69, 9.17) is 4.74 Å². The third kappa shape index (κ3) is 4.22. The summed E-state index contributed by atoms with van der Waals surface area (Å²) in [6, 6.07) is 3.97. The first-order valence-corrected chi connectivity index (χ1v) is 10.4. The van der Waals surface area contributed by atoms with E-state index in [1.807, 2.05) is 19.1 Å². The predicted octanol–water partition coefficient (Wildman–Crippen LogP) is 2.83. The van der Waals surface area contributed by atoms with Crippen LogP contribution in [0.4, 0.5) is 17.6 Å². The van der Waals surface area contributed by atoms with Crippen molar-refractivity contribution in [1.29, 1.82) is 0 Å². The number of fused-ring (bicyclic) bond motifs is 1. The van der Waals surface area contributed by atoms with Crippen LogP contribution in [-0.4, -0.2) is 62.5 Å². The van der Waals surface area contributed by atoms with Gasteiger partial charge in [0, 0.05) is 45.1 Å². The molecule has 1 saturated heterocycles. The Morgan fingerprint density at radius 1 is 1.23 bits per heavy atom. The van der Waals surface area contributed by atoms with Crippen molar-refractivity contribution in [2.45, 2.75) is 45.3 Å². The molecular weight excluding hydrogens is 382 g/mol. The van der Waals surface area contributed by atoms with Gasteiger partial charge in [-0.05, 0) is 39.2 Å². The van der Waals surface area contributed by atoms with Gasteiger partial charge in [0.15, 0.2) is 0 Å². The largest absolute Gasteiger partial charge is 0.396 e. The third-order valence-electron chi connectivity index (χ3n) is 5.70. The first kappa shape index (κ1) is 20.5. The van der Waals surface area contributed by atoms with E-state index in [9.17, 15) is 5.11 Å². The molecule has 2 N–H and O–H groups in total. The van der Waals surface area contributed by atoms with Gasteiger partial charge < -0.3 is 24.6 Å². The summed E-state index contributed by atoms with van der Waals surface area (Å²) < 4.78 is 7.59. The van der Waals surface area contributed by atoms with E-state index in [1.165, 1.54) is 0 Å². The van der Waals surface area contributed by atoms with Gasteiger partial charge in [-0.15, -0.1) is 0 Å². The Morgan fingerprint density at radius 3 is 2.77 bits per heavy atom. The maximum absolute atomic E-state index is 9.33. The van der Waals surface area contributed by atoms with Gasteiger partial charge in [-0.2, -0.15) is 4.98 Å². The van der Waals surface area contributed by atoms with Crippen molar-refractivity contribution in [3.05, 3.63) is 30.4 Å². The average molecular weight is 412 g/mol. The first-order valence-electron chi connectivity index (χ1n) is 10.4. The van der Waals surface area contributed by atoms with Crippen LogP contribution in [0.5, 0.6) is 0 Å². The van der Waals surface area contributed by atoms with Gasteiger partial charge in [-0.1, -0.05) is 0 Å². The number of methoxy groups -OCH3 is 1. The van der Waals surface area contributed by atoms with Crippen LogP contribution in [0.25, 0.3) is 11.0 Å². The zero-order valence-electron chi connectivity index (χ0n) is 17.7. The van der Waals surface area contributed by atoms with Crippen LogP contribution in [0.3, 0.4) is 0 Å². The fourth-order valence-electron chi connectivity index (χ4n) is 4.05. The summed E-state index contributed by atoms with van der Waals surface area (Å²) in [6.45, 7) is 5.97. The number of aliphatic hydroxyl groups is 1. The number of aromatic nitrogens is 5. The molecule has 1 unspecified atom stereocenters. The molecule has 0 radical (unpaired) electrons. The number of hydrogen-bond acceptors (Lipinski definition) is 8. The molecule has 1 aliphatic rings. The van der Waals surface area contributed by atoms with Crippen molar-refractivity contribution in [2.24, 2.45) is 0 Å². The second-order valence-corrected chi connectivity index (χ2v) is 7.74. The van der Waals surface area contributed by atoms with Crippen LogP contribution in [0, 0.1) is 6.92 Å². The van der Waals surface area contributed by atoms with Crippen LogP contribution in [0.2, 0.25) is 0 Å². The van der Waals surface area contributed by atoms with Crippen molar-refractivity contribution in [3.8, 4) is 0 Å². The molecule has 0 aromatic carbocycles. The molecule has 9 nitrogen and oxygen atoms in total. The van der Waals surface area contributed by atoms with Crippen molar-refractivity contribution in [3.63, 3.8) is 0 Å². The summed E-state index contributed by atoms with van der Waals surface area (Å²) in [5.74, 6) is 3.02. The molecular formula is C21H29N7O2. The molecule has 160 valence electrons. The molecule has 0 amide bonds. The minimum absolute atomic E-state index is 0.141. The SMILES string of the molecule is COC1CCN(c2nccc(Nc3cc4c(cn3)nc(C)n4C(C)CCO)n2)CC1. The van der Waals surface area contributed by atoms with Crippen LogP contribution in [0.1, 0.15) is 38.1 Å². The van der Waals surface area contributed by atoms with Crippen molar-refractivity contribution < 1.29 is 9.84 Å². The van der Waals surface area contributed by atoms with Crippen LogP contribution in [0.15, 0.2) is 24.5 Å². The number of rotatable bonds is 7. The number of hydrogen-bond donors (Lipinski definition) is 2. The molecule has 30 heavy (non-hydrogen) atoms. The minimum Gasteiger partial charge on any atom is -0.396 e. The number of pyridine rings is 1. The number of anilines is 3. The Balaban J connectivity index is 1.55. The summed E-state index contributed by atoms with van der Waals surface area (Å²) in [6.07, 6.45) is 6.48. The van der Waals surface area contributed by atoms with E-state index in [0.717, 1.165) is 42.8 Å². The van der Waals surface area contributed by atoms with E-state index in [2.05, 4.69) is 41.6 Å². The molecule has 3 aromatic heterocycles. The normalized spacial score (nSPS) is 16.2. The van der Waals surface area contributed by atoms with Crippen molar-refractivity contribution in [2.75, 3.05) is 37.0 Å². The molecule has 9 heteroatoms. The third-order valence-corrected chi connectivity index (χ3v) is 5.70. The smallest absolute Gasteiger partial charge is 0.227 e. The van der Waals surface area contributed by atoms with Crippen LogP contribution in [-0.2, 0) is 4.74 Å². The van der Waals surface area contributed by atoms with Gasteiger partial charge in [-0.3, -0.25) is 0 Å². The van der Waals surface area contributed by atoms with Crippen LogP contribution < -0.4 is 10.2 Å². The Bertz CT molecular complexity index is 998. The Kier molecular flexibility index (Phi) is 6.10. The maximum Gasteiger partial charge on any atom is 0.227 e. The molecule has 0 aliphatic carbocycles. The maximum atomic E-state index is 9.33. The minimum atomic E-state index is 0.141. The van der Waals surface area contributed by atoms with Gasteiger partial charge in [-0.25, -0.2) is 15.0 Å². The summed E-state index contributed by atoms with van der Waals surface area (Å²) in [4.78, 5) is 20.4. The lowest BCUT2D eigenvalue weighted by Crippen LogP contribution is -2.37. The summed E-state index contributed by atoms with van der Waals surface area (Å²) in [5.41, 5.74) is 1.83. The quantitative estimate of drug-likeness (QED) is 0.612. The number of ether oxygens (including phenoxy) is 1. The zero-order chi connectivity index (χ0) is 21.1. The molecule has 1 aliphatic heterocycles. The highest BCUT2D eigenvalue weighted by molar-refractivity contribution is 5.79. The number of nitrogens with one attached hydrogen (secondary N) is 1. The van der Waals surface area contributed by atoms with E-state index < -0.39 is 0 Å². The zero-order valence-corrected chi connectivity index (χ0v) is 17.7. The number of aliphatic hydroxyl groups excluding tert-OH is 1. The molecule has 1 fully saturated rings. The van der Waals surface area contributed by atoms with Gasteiger partial charge in [0.05, 0.1) is 17.8 Å². The standard InChI is InChI=1S/C21H29N7O2/c1-14(7-11-29)28-15(2)24-17-13-23-20(12-18(17)28)25-19-4-8-22-21(26-19)27-9-5-16(30-3)6-10-27/h4,8,12-14,16,29H,5-7,9-11H2,1-3H3,(H,22,23,25,26). The topological polar surface area (TPSA) is 101 Å². The molecule has 4 heterocycles. The fourth-order valence-corrected chi connectivity index (χ4v) is 4.05. The Hall–Kier alpha value is -2.78. The fraction of sp³-hybridized carbons (Fsp3) is 0.524. The Morgan fingerprint density at radius 2 is 2.03 bits per heavy atom. The second-order valence-electron chi connectivity index (χ2n) is 7.74. The van der Waals surface area contributed by atoms with Gasteiger partial charge in [0.25, 0.3) is 0 Å². The molecule has 0 bridgehead atoms. The van der Waals surface area contributed by atoms with Gasteiger partial charge in [0.1, 0.15) is 23.0 Å². The lowest BCUT2D eigenvalue weighted by atomic mass is 10.1. The summed E-state index contributed by atoms with van der Waals surface area (Å²) in [7, 11) is 1.77. The van der Waals surface area contributed by atoms with Gasteiger partial charge in [0.2, 0.25) is 5.95 Å². The van der Waals surface area contributed by atoms with Crippen molar-refractivity contribution >= 4 is 28.6 Å². The molecule has 0 spiro atoms. The number of nitrogens with zero attached hydrogens (tertiary/aromatic N) is 6.